The molecule has 0 spiro atoms. The zero-order valence-corrected chi connectivity index (χ0v) is 11.6. The molecule has 0 aliphatic heterocycles. The highest BCUT2D eigenvalue weighted by Crippen LogP contribution is 2.26. The van der Waals surface area contributed by atoms with Crippen molar-refractivity contribution in [1.29, 1.82) is 0 Å². The maximum absolute atomic E-state index is 12.1. The summed E-state index contributed by atoms with van der Waals surface area (Å²) in [5, 5.41) is 7.76. The van der Waals surface area contributed by atoms with Gasteiger partial charge in [-0.1, -0.05) is 44.2 Å². The predicted molar refractivity (Wildman–Crippen MR) is 77.6 cm³/mol. The minimum absolute atomic E-state index is 0.254. The van der Waals surface area contributed by atoms with Crippen LogP contribution in [0.4, 0.5) is 0 Å². The van der Waals surface area contributed by atoms with E-state index in [4.69, 9.17) is 4.74 Å². The van der Waals surface area contributed by atoms with Crippen LogP contribution < -0.4 is 0 Å². The van der Waals surface area contributed by atoms with Gasteiger partial charge >= 0.3 is 5.97 Å². The first-order valence-electron chi connectivity index (χ1n) is 7.44. The first-order chi connectivity index (χ1) is 9.84. The number of hydrogen-bond acceptors (Lipinski definition) is 3. The van der Waals surface area contributed by atoms with E-state index in [2.05, 4.69) is 10.2 Å². The predicted octanol–water partition coefficient (Wildman–Crippen LogP) is 3.69. The van der Waals surface area contributed by atoms with Crippen LogP contribution in [0.1, 0.15) is 48.9 Å². The van der Waals surface area contributed by atoms with Gasteiger partial charge in [0.1, 0.15) is 0 Å². The van der Waals surface area contributed by atoms with Crippen molar-refractivity contribution in [3.05, 3.63) is 30.0 Å². The van der Waals surface area contributed by atoms with Gasteiger partial charge in [0.05, 0.1) is 23.9 Å². The van der Waals surface area contributed by atoms with Crippen molar-refractivity contribution in [1.82, 2.24) is 10.2 Å². The van der Waals surface area contributed by atoms with Crippen molar-refractivity contribution in [2.24, 2.45) is 5.92 Å². The van der Waals surface area contributed by atoms with E-state index >= 15 is 0 Å². The van der Waals surface area contributed by atoms with Gasteiger partial charge in [-0.3, -0.25) is 5.10 Å². The molecule has 20 heavy (non-hydrogen) atoms. The van der Waals surface area contributed by atoms with Gasteiger partial charge in [-0.15, -0.1) is 0 Å². The molecule has 1 aromatic carbocycles. The van der Waals surface area contributed by atoms with Crippen molar-refractivity contribution in [2.75, 3.05) is 6.61 Å². The Balaban J connectivity index is 1.57. The van der Waals surface area contributed by atoms with Crippen LogP contribution in [0.25, 0.3) is 10.9 Å². The molecular weight excluding hydrogens is 252 g/mol. The Morgan fingerprint density at radius 2 is 2.15 bits per heavy atom. The molecule has 3 rings (SSSR count). The number of nitrogens with zero attached hydrogens (tertiary/aromatic N) is 1. The second-order valence-corrected chi connectivity index (χ2v) is 5.57. The largest absolute Gasteiger partial charge is 0.462 e. The number of carbonyl (C=O) groups is 1. The Labute approximate surface area is 118 Å². The van der Waals surface area contributed by atoms with E-state index in [1.165, 1.54) is 32.1 Å². The fourth-order valence-corrected chi connectivity index (χ4v) is 3.01. The lowest BCUT2D eigenvalue weighted by molar-refractivity contribution is 0.0477. The second-order valence-electron chi connectivity index (χ2n) is 5.57. The first kappa shape index (κ1) is 13.2. The van der Waals surface area contributed by atoms with Crippen LogP contribution in [0.15, 0.2) is 24.4 Å². The van der Waals surface area contributed by atoms with Crippen molar-refractivity contribution in [3.63, 3.8) is 0 Å². The topological polar surface area (TPSA) is 55.0 Å². The molecule has 1 N–H and O–H groups in total. The Hall–Kier alpha value is -1.84. The highest BCUT2D eigenvalue weighted by atomic mass is 16.5. The monoisotopic (exact) mass is 272 g/mol. The van der Waals surface area contributed by atoms with Gasteiger partial charge in [0, 0.05) is 5.39 Å². The number of H-pyrrole nitrogens is 1. The summed E-state index contributed by atoms with van der Waals surface area (Å²) >= 11 is 0. The average Bonchev–Trinajstić information content (AvgIpc) is 2.96. The molecule has 0 bridgehead atoms. The number of aromatic nitrogens is 2. The van der Waals surface area contributed by atoms with Crippen LogP contribution in [0, 0.1) is 5.92 Å². The summed E-state index contributed by atoms with van der Waals surface area (Å²) in [6.45, 7) is 0.522. The molecule has 4 heteroatoms. The zero-order valence-electron chi connectivity index (χ0n) is 11.6. The van der Waals surface area contributed by atoms with Gasteiger partial charge in [0.2, 0.25) is 0 Å². The number of carbonyl (C=O) groups excluding carboxylic acids is 1. The first-order valence-corrected chi connectivity index (χ1v) is 7.44. The Morgan fingerprint density at radius 1 is 1.30 bits per heavy atom. The highest BCUT2D eigenvalue weighted by Gasteiger charge is 2.16. The zero-order chi connectivity index (χ0) is 13.8. The van der Waals surface area contributed by atoms with Crippen LogP contribution in [-0.4, -0.2) is 22.8 Å². The highest BCUT2D eigenvalue weighted by molar-refractivity contribution is 6.02. The summed E-state index contributed by atoms with van der Waals surface area (Å²) in [6.07, 6.45) is 9.29. The molecule has 1 aliphatic rings. The van der Waals surface area contributed by atoms with Crippen molar-refractivity contribution < 1.29 is 9.53 Å². The summed E-state index contributed by atoms with van der Waals surface area (Å²) in [6, 6.07) is 5.57. The van der Waals surface area contributed by atoms with E-state index in [1.807, 2.05) is 12.1 Å². The summed E-state index contributed by atoms with van der Waals surface area (Å²) < 4.78 is 5.42. The number of hydrogen-bond donors (Lipinski definition) is 1. The molecule has 1 aliphatic carbocycles. The van der Waals surface area contributed by atoms with E-state index in [0.29, 0.717) is 12.2 Å². The maximum atomic E-state index is 12.1. The maximum Gasteiger partial charge on any atom is 0.340 e. The fraction of sp³-hybridized carbons (Fsp3) is 0.500. The van der Waals surface area contributed by atoms with E-state index in [1.54, 1.807) is 12.3 Å². The summed E-state index contributed by atoms with van der Waals surface area (Å²) in [5.41, 5.74) is 1.33. The Morgan fingerprint density at radius 3 is 3.00 bits per heavy atom. The van der Waals surface area contributed by atoms with Crippen LogP contribution >= 0.6 is 0 Å². The number of nitrogens with one attached hydrogen (secondary N) is 1. The Kier molecular flexibility index (Phi) is 4.00. The molecular formula is C16H20N2O2. The normalized spacial score (nSPS) is 16.4. The van der Waals surface area contributed by atoms with Gasteiger partial charge in [-0.25, -0.2) is 4.79 Å². The number of para-hydroxylation sites is 1. The van der Waals surface area contributed by atoms with Gasteiger partial charge in [0.15, 0.2) is 0 Å². The second kappa shape index (κ2) is 6.07. The molecule has 2 aromatic rings. The molecule has 0 atom stereocenters. The van der Waals surface area contributed by atoms with Crippen LogP contribution in [0.3, 0.4) is 0 Å². The molecule has 106 valence electrons. The van der Waals surface area contributed by atoms with Gasteiger partial charge in [-0.2, -0.15) is 5.10 Å². The molecule has 1 saturated carbocycles. The minimum Gasteiger partial charge on any atom is -0.462 e. The van der Waals surface area contributed by atoms with Crippen LogP contribution in [-0.2, 0) is 4.74 Å². The lowest BCUT2D eigenvalue weighted by Gasteiger charge is -2.21. The van der Waals surface area contributed by atoms with Gasteiger partial charge in [-0.05, 0) is 18.4 Å². The molecule has 4 nitrogen and oxygen atoms in total. The minimum atomic E-state index is -0.254. The van der Waals surface area contributed by atoms with Crippen molar-refractivity contribution >= 4 is 16.9 Å². The summed E-state index contributed by atoms with van der Waals surface area (Å²) in [5.74, 6) is 0.482. The van der Waals surface area contributed by atoms with E-state index in [-0.39, 0.29) is 5.97 Å². The van der Waals surface area contributed by atoms with Gasteiger partial charge in [0.25, 0.3) is 0 Å². The SMILES string of the molecule is O=C(OCCC1CCCCC1)c1cccc2cn[nH]c12. The number of aromatic amines is 1. The summed E-state index contributed by atoms with van der Waals surface area (Å²) in [4.78, 5) is 12.1. The third-order valence-corrected chi connectivity index (χ3v) is 4.18. The lowest BCUT2D eigenvalue weighted by Crippen LogP contribution is -2.13. The number of benzene rings is 1. The molecule has 1 aromatic heterocycles. The molecule has 0 saturated heterocycles. The quantitative estimate of drug-likeness (QED) is 0.864. The molecule has 0 amide bonds. The molecule has 1 heterocycles. The smallest absolute Gasteiger partial charge is 0.340 e. The third-order valence-electron chi connectivity index (χ3n) is 4.18. The van der Waals surface area contributed by atoms with E-state index < -0.39 is 0 Å². The van der Waals surface area contributed by atoms with E-state index in [0.717, 1.165) is 23.2 Å². The van der Waals surface area contributed by atoms with Gasteiger partial charge < -0.3 is 4.74 Å². The van der Waals surface area contributed by atoms with Crippen LogP contribution in [0.5, 0.6) is 0 Å². The van der Waals surface area contributed by atoms with E-state index in [9.17, 15) is 4.79 Å². The number of rotatable bonds is 4. The number of esters is 1. The number of ether oxygens (including phenoxy) is 1. The molecule has 0 unspecified atom stereocenters. The third kappa shape index (κ3) is 2.84. The molecule has 0 radical (unpaired) electrons. The average molecular weight is 272 g/mol. The molecule has 1 fully saturated rings. The standard InChI is InChI=1S/C16H20N2O2/c19-16(20-10-9-12-5-2-1-3-6-12)14-8-4-7-13-11-17-18-15(13)14/h4,7-8,11-12H,1-3,5-6,9-10H2,(H,17,18). The summed E-state index contributed by atoms with van der Waals surface area (Å²) in [7, 11) is 0. The lowest BCUT2D eigenvalue weighted by atomic mass is 9.87. The van der Waals surface area contributed by atoms with Crippen molar-refractivity contribution in [2.45, 2.75) is 38.5 Å². The van der Waals surface area contributed by atoms with Crippen molar-refractivity contribution in [3.8, 4) is 0 Å². The van der Waals surface area contributed by atoms with Crippen LogP contribution in [0.2, 0.25) is 0 Å². The Bertz CT molecular complexity index is 585. The fourth-order valence-electron chi connectivity index (χ4n) is 3.01. The number of fused-ring (bicyclic) bond motifs is 1.